The number of benzene rings is 2. The number of aromatic nitrogens is 6. The number of ether oxygens (including phenoxy) is 1. The summed E-state index contributed by atoms with van der Waals surface area (Å²) in [5, 5.41) is 10.4. The molecular formula is C27H22F6N8O3. The van der Waals surface area contributed by atoms with Crippen molar-refractivity contribution in [3.63, 3.8) is 0 Å². The van der Waals surface area contributed by atoms with Crippen molar-refractivity contribution in [1.29, 1.82) is 0 Å². The normalized spacial score (nSPS) is 18.0. The number of imidazole rings is 2. The fraction of sp³-hybridized carbons (Fsp3) is 0.296. The Morgan fingerprint density at radius 2 is 1.77 bits per heavy atom. The van der Waals surface area contributed by atoms with Crippen molar-refractivity contribution in [3.8, 4) is 5.69 Å². The summed E-state index contributed by atoms with van der Waals surface area (Å²) in [7, 11) is 0. The average molecular weight is 621 g/mol. The van der Waals surface area contributed by atoms with Gasteiger partial charge in [-0.2, -0.15) is 23.1 Å². The van der Waals surface area contributed by atoms with Crippen LogP contribution in [0.4, 0.5) is 38.1 Å². The quantitative estimate of drug-likeness (QED) is 0.239. The van der Waals surface area contributed by atoms with Gasteiger partial charge in [-0.25, -0.2) is 27.9 Å². The van der Waals surface area contributed by atoms with Crippen LogP contribution in [0, 0.1) is 17.5 Å². The number of alkyl halides is 3. The Kier molecular flexibility index (Phi) is 7.48. The highest BCUT2D eigenvalue weighted by Gasteiger charge is 2.40. The van der Waals surface area contributed by atoms with Gasteiger partial charge >= 0.3 is 12.1 Å². The van der Waals surface area contributed by atoms with Crippen LogP contribution >= 0.6 is 0 Å². The summed E-state index contributed by atoms with van der Waals surface area (Å²) in [6.45, 7) is 1.36. The Hall–Kier alpha value is -4.93. The maximum Gasteiger partial charge on any atom is 0.490 e. The molecular weight excluding hydrogens is 598 g/mol. The van der Waals surface area contributed by atoms with Crippen LogP contribution in [0.2, 0.25) is 0 Å². The number of carbonyl (C=O) groups is 1. The number of rotatable bonds is 5. The van der Waals surface area contributed by atoms with E-state index in [1.807, 2.05) is 0 Å². The summed E-state index contributed by atoms with van der Waals surface area (Å²) < 4.78 is 81.0. The van der Waals surface area contributed by atoms with E-state index in [4.69, 9.17) is 24.6 Å². The highest BCUT2D eigenvalue weighted by molar-refractivity contribution is 5.86. The standard InChI is InChI=1S/C25H21F3N8O.C2HF3O2/c26-13-2-1-3-14(8-13)35-12-30-22-23(29-9-19-31-18-7-6-17(27)20(28)21(18)32-19)33-25(34-24(22)35)36-15-4-5-16(36)11-37-10-15;3-2(4,5)1(6)7/h1-3,6-8,12,15-16H,4-5,9-11H2,(H,31,32)(H,29,33,34);(H,6,7). The minimum Gasteiger partial charge on any atom is -0.475 e. The molecule has 2 aromatic carbocycles. The molecule has 0 radical (unpaired) electrons. The number of morpholine rings is 1. The SMILES string of the molecule is Fc1cccc(-n2cnc3c(NCc4nc5c(F)c(F)ccc5[nH]4)nc(N4C5CCC4COC5)nc32)c1.O=C(O)C(F)(F)F. The van der Waals surface area contributed by atoms with Gasteiger partial charge in [-0.1, -0.05) is 6.07 Å². The molecule has 2 bridgehead atoms. The predicted molar refractivity (Wildman–Crippen MR) is 144 cm³/mol. The number of aromatic amines is 1. The number of H-pyrrole nitrogens is 1. The minimum atomic E-state index is -5.08. The molecule has 44 heavy (non-hydrogen) atoms. The van der Waals surface area contributed by atoms with Crippen LogP contribution in [0.3, 0.4) is 0 Å². The Balaban J connectivity index is 0.000000441. The van der Waals surface area contributed by atoms with Crippen molar-refractivity contribution in [2.45, 2.75) is 37.6 Å². The second kappa shape index (κ2) is 11.3. The molecule has 0 amide bonds. The average Bonchev–Trinajstić information content (AvgIpc) is 3.67. The van der Waals surface area contributed by atoms with Gasteiger partial charge in [0.1, 0.15) is 23.5 Å². The van der Waals surface area contributed by atoms with E-state index in [9.17, 15) is 26.3 Å². The molecule has 17 heteroatoms. The first-order valence-corrected chi connectivity index (χ1v) is 13.2. The summed E-state index contributed by atoms with van der Waals surface area (Å²) in [5.74, 6) is -3.69. The second-order valence-corrected chi connectivity index (χ2v) is 10.1. The molecule has 230 valence electrons. The molecule has 2 unspecified atom stereocenters. The zero-order valence-electron chi connectivity index (χ0n) is 22.4. The van der Waals surface area contributed by atoms with Gasteiger partial charge in [0, 0.05) is 0 Å². The lowest BCUT2D eigenvalue weighted by Crippen LogP contribution is -2.46. The number of halogens is 6. The number of nitrogens with one attached hydrogen (secondary N) is 2. The van der Waals surface area contributed by atoms with Gasteiger partial charge in [0.05, 0.1) is 43.0 Å². The van der Waals surface area contributed by atoms with Crippen LogP contribution in [-0.2, 0) is 16.1 Å². The van der Waals surface area contributed by atoms with Gasteiger partial charge < -0.3 is 25.0 Å². The van der Waals surface area contributed by atoms with E-state index in [-0.39, 0.29) is 30.0 Å². The molecule has 2 fully saturated rings. The number of anilines is 2. The zero-order valence-corrected chi connectivity index (χ0v) is 22.4. The third-order valence-electron chi connectivity index (χ3n) is 7.20. The highest BCUT2D eigenvalue weighted by atomic mass is 19.4. The molecule has 2 aliphatic heterocycles. The number of hydrogen-bond acceptors (Lipinski definition) is 8. The van der Waals surface area contributed by atoms with E-state index in [2.05, 4.69) is 25.2 Å². The number of nitrogens with zero attached hydrogens (tertiary/aromatic N) is 6. The van der Waals surface area contributed by atoms with Crippen molar-refractivity contribution < 1.29 is 41.0 Å². The molecule has 2 atom stereocenters. The molecule has 3 aromatic heterocycles. The predicted octanol–water partition coefficient (Wildman–Crippen LogP) is 4.72. The highest BCUT2D eigenvalue weighted by Crippen LogP contribution is 2.34. The van der Waals surface area contributed by atoms with Gasteiger partial charge in [-0.05, 0) is 43.2 Å². The first kappa shape index (κ1) is 29.2. The first-order chi connectivity index (χ1) is 21.0. The topological polar surface area (TPSA) is 134 Å². The van der Waals surface area contributed by atoms with Crippen LogP contribution in [0.1, 0.15) is 18.7 Å². The van der Waals surface area contributed by atoms with Crippen LogP contribution in [-0.4, -0.2) is 72.0 Å². The summed E-state index contributed by atoms with van der Waals surface area (Å²) in [6.07, 6.45) is -1.53. The molecule has 0 saturated carbocycles. The van der Waals surface area contributed by atoms with Crippen molar-refractivity contribution in [1.82, 2.24) is 29.5 Å². The third kappa shape index (κ3) is 5.57. The van der Waals surface area contributed by atoms with E-state index >= 15 is 0 Å². The first-order valence-electron chi connectivity index (χ1n) is 13.2. The second-order valence-electron chi connectivity index (χ2n) is 10.1. The zero-order chi connectivity index (χ0) is 31.2. The Labute approximate surface area is 243 Å². The molecule has 0 spiro atoms. The van der Waals surface area contributed by atoms with E-state index in [0.29, 0.717) is 53.2 Å². The molecule has 11 nitrogen and oxygen atoms in total. The van der Waals surface area contributed by atoms with Crippen LogP contribution in [0.5, 0.6) is 0 Å². The largest absolute Gasteiger partial charge is 0.490 e. The van der Waals surface area contributed by atoms with E-state index < -0.39 is 23.8 Å². The fourth-order valence-electron chi connectivity index (χ4n) is 5.22. The molecule has 5 heterocycles. The smallest absolute Gasteiger partial charge is 0.475 e. The number of fused-ring (bicyclic) bond motifs is 4. The monoisotopic (exact) mass is 620 g/mol. The maximum atomic E-state index is 14.2. The summed E-state index contributed by atoms with van der Waals surface area (Å²) in [5.41, 5.74) is 1.91. The van der Waals surface area contributed by atoms with Crippen molar-refractivity contribution in [2.24, 2.45) is 0 Å². The Morgan fingerprint density at radius 1 is 1.05 bits per heavy atom. The lowest BCUT2D eigenvalue weighted by molar-refractivity contribution is -0.192. The van der Waals surface area contributed by atoms with Gasteiger partial charge in [-0.3, -0.25) is 4.57 Å². The van der Waals surface area contributed by atoms with E-state index in [1.54, 1.807) is 23.0 Å². The number of aliphatic carboxylic acids is 1. The van der Waals surface area contributed by atoms with Crippen LogP contribution < -0.4 is 10.2 Å². The van der Waals surface area contributed by atoms with E-state index in [1.165, 1.54) is 18.2 Å². The number of carboxylic acid groups (broad SMARTS) is 1. The summed E-state index contributed by atoms with van der Waals surface area (Å²) in [6, 6.07) is 9.04. The lowest BCUT2D eigenvalue weighted by Gasteiger charge is -2.34. The molecule has 5 aromatic rings. The third-order valence-corrected chi connectivity index (χ3v) is 7.20. The summed E-state index contributed by atoms with van der Waals surface area (Å²) >= 11 is 0. The van der Waals surface area contributed by atoms with Crippen molar-refractivity contribution in [3.05, 3.63) is 66.0 Å². The molecule has 2 saturated heterocycles. The fourth-order valence-corrected chi connectivity index (χ4v) is 5.22. The van der Waals surface area contributed by atoms with Gasteiger partial charge in [0.25, 0.3) is 0 Å². The minimum absolute atomic E-state index is 0.0643. The molecule has 0 aliphatic carbocycles. The van der Waals surface area contributed by atoms with Crippen LogP contribution in [0.15, 0.2) is 42.7 Å². The van der Waals surface area contributed by atoms with Crippen molar-refractivity contribution in [2.75, 3.05) is 23.4 Å². The van der Waals surface area contributed by atoms with Crippen molar-refractivity contribution >= 4 is 39.9 Å². The Morgan fingerprint density at radius 3 is 2.45 bits per heavy atom. The maximum absolute atomic E-state index is 14.2. The van der Waals surface area contributed by atoms with Crippen LogP contribution in [0.25, 0.3) is 27.9 Å². The van der Waals surface area contributed by atoms with E-state index in [0.717, 1.165) is 18.9 Å². The lowest BCUT2D eigenvalue weighted by atomic mass is 10.2. The molecule has 7 rings (SSSR count). The number of hydrogen-bond donors (Lipinski definition) is 3. The van der Waals surface area contributed by atoms with Gasteiger partial charge in [0.2, 0.25) is 5.95 Å². The Bertz CT molecular complexity index is 1840. The molecule has 3 N–H and O–H groups in total. The summed E-state index contributed by atoms with van der Waals surface area (Å²) in [4.78, 5) is 32.5. The number of carboxylic acids is 1. The van der Waals surface area contributed by atoms with Gasteiger partial charge in [0.15, 0.2) is 28.6 Å². The molecule has 2 aliphatic rings. The van der Waals surface area contributed by atoms with Gasteiger partial charge in [-0.15, -0.1) is 0 Å².